The fourth-order valence-electron chi connectivity index (χ4n) is 3.46. The second-order valence-electron chi connectivity index (χ2n) is 8.91. The molecule has 0 N–H and O–H groups in total. The van der Waals surface area contributed by atoms with Gasteiger partial charge in [-0.05, 0) is 23.1 Å². The number of rotatable bonds is 6. The highest BCUT2D eigenvalue weighted by molar-refractivity contribution is 7.98. The van der Waals surface area contributed by atoms with Crippen LogP contribution in [0.15, 0.2) is 59.1 Å². The number of hydrogen-bond donors (Lipinski definition) is 0. The van der Waals surface area contributed by atoms with Crippen molar-refractivity contribution in [1.82, 2.24) is 19.7 Å². The van der Waals surface area contributed by atoms with E-state index in [0.717, 1.165) is 22.2 Å². The summed E-state index contributed by atoms with van der Waals surface area (Å²) in [6, 6.07) is 14.6. The number of carbonyl (C=O) groups is 1. The maximum absolute atomic E-state index is 14.3. The first kappa shape index (κ1) is 24.1. The Bertz CT molecular complexity index is 1310. The molecule has 2 aromatic heterocycles. The number of aromatic nitrogens is 4. The van der Waals surface area contributed by atoms with Crippen molar-refractivity contribution in [2.75, 3.05) is 4.90 Å². The molecule has 0 atom stereocenters. The van der Waals surface area contributed by atoms with Gasteiger partial charge in [0.25, 0.3) is 0 Å². The lowest BCUT2D eigenvalue weighted by atomic mass is 9.87. The minimum atomic E-state index is -0.467. The molecule has 0 unspecified atom stereocenters. The second-order valence-corrected chi connectivity index (χ2v) is 10.7. The summed E-state index contributed by atoms with van der Waals surface area (Å²) in [6.45, 7) is 7.97. The normalized spacial score (nSPS) is 11.6. The van der Waals surface area contributed by atoms with E-state index in [9.17, 15) is 9.18 Å². The molecular formula is C25H26FN5OS2. The van der Waals surface area contributed by atoms with Gasteiger partial charge in [0, 0.05) is 30.7 Å². The van der Waals surface area contributed by atoms with Crippen molar-refractivity contribution in [1.29, 1.82) is 0 Å². The molecule has 2 aromatic carbocycles. The SMILES string of the molecule is CC(=O)N(c1nc(CSc2nnc(-c3ccc(C(C)(C)C)cc3)n2C)cs1)c1ccccc1F. The van der Waals surface area contributed by atoms with Crippen LogP contribution in [-0.2, 0) is 23.0 Å². The van der Waals surface area contributed by atoms with Crippen LogP contribution in [0.3, 0.4) is 0 Å². The van der Waals surface area contributed by atoms with Gasteiger partial charge >= 0.3 is 0 Å². The van der Waals surface area contributed by atoms with Crippen molar-refractivity contribution < 1.29 is 9.18 Å². The van der Waals surface area contributed by atoms with Gasteiger partial charge < -0.3 is 4.57 Å². The average molecular weight is 496 g/mol. The fraction of sp³-hybridized carbons (Fsp3) is 0.280. The molecule has 34 heavy (non-hydrogen) atoms. The first-order valence-corrected chi connectivity index (χ1v) is 12.6. The highest BCUT2D eigenvalue weighted by atomic mass is 32.2. The van der Waals surface area contributed by atoms with Crippen LogP contribution in [0, 0.1) is 5.82 Å². The van der Waals surface area contributed by atoms with Gasteiger partial charge in [-0.25, -0.2) is 9.37 Å². The average Bonchev–Trinajstić information content (AvgIpc) is 3.40. The molecule has 176 valence electrons. The van der Waals surface area contributed by atoms with Gasteiger partial charge in [0.15, 0.2) is 16.1 Å². The molecule has 0 fully saturated rings. The molecular weight excluding hydrogens is 469 g/mol. The molecule has 0 aliphatic carbocycles. The molecule has 0 spiro atoms. The van der Waals surface area contributed by atoms with Crippen molar-refractivity contribution in [2.45, 2.75) is 44.0 Å². The summed E-state index contributed by atoms with van der Waals surface area (Å²) in [5.74, 6) is 0.582. The Labute approximate surface area is 206 Å². The van der Waals surface area contributed by atoms with Crippen molar-refractivity contribution in [3.05, 3.63) is 71.0 Å². The molecule has 0 aliphatic heterocycles. The predicted octanol–water partition coefficient (Wildman–Crippen LogP) is 6.35. The van der Waals surface area contributed by atoms with Crippen molar-refractivity contribution in [3.63, 3.8) is 0 Å². The van der Waals surface area contributed by atoms with Gasteiger partial charge in [-0.15, -0.1) is 21.5 Å². The molecule has 0 radical (unpaired) electrons. The lowest BCUT2D eigenvalue weighted by Gasteiger charge is -2.19. The number of hydrogen-bond acceptors (Lipinski definition) is 6. The fourth-order valence-corrected chi connectivity index (χ4v) is 5.24. The van der Waals surface area contributed by atoms with Gasteiger partial charge in [-0.3, -0.25) is 9.69 Å². The Hall–Kier alpha value is -3.04. The summed E-state index contributed by atoms with van der Waals surface area (Å²) in [7, 11) is 1.94. The number of thiazole rings is 1. The summed E-state index contributed by atoms with van der Waals surface area (Å²) in [5.41, 5.74) is 3.34. The van der Waals surface area contributed by atoms with Gasteiger partial charge in [-0.1, -0.05) is 68.9 Å². The highest BCUT2D eigenvalue weighted by Crippen LogP contribution is 2.33. The van der Waals surface area contributed by atoms with E-state index in [1.54, 1.807) is 18.2 Å². The molecule has 0 aliphatic rings. The van der Waals surface area contributed by atoms with Crippen LogP contribution in [0.1, 0.15) is 39.0 Å². The van der Waals surface area contributed by atoms with E-state index in [-0.39, 0.29) is 17.0 Å². The monoisotopic (exact) mass is 495 g/mol. The molecule has 4 rings (SSSR count). The van der Waals surface area contributed by atoms with E-state index in [1.807, 2.05) is 17.0 Å². The summed E-state index contributed by atoms with van der Waals surface area (Å²) < 4.78 is 16.3. The van der Waals surface area contributed by atoms with Crippen LogP contribution < -0.4 is 4.90 Å². The van der Waals surface area contributed by atoms with Gasteiger partial charge in [0.2, 0.25) is 5.91 Å². The number of para-hydroxylation sites is 1. The molecule has 0 bridgehead atoms. The number of anilines is 2. The maximum Gasteiger partial charge on any atom is 0.230 e. The zero-order chi connectivity index (χ0) is 24.5. The zero-order valence-corrected chi connectivity index (χ0v) is 21.4. The third-order valence-corrected chi connectivity index (χ3v) is 7.26. The van der Waals surface area contributed by atoms with Crippen LogP contribution in [0.2, 0.25) is 0 Å². The summed E-state index contributed by atoms with van der Waals surface area (Å²) >= 11 is 2.82. The maximum atomic E-state index is 14.3. The lowest BCUT2D eigenvalue weighted by molar-refractivity contribution is -0.115. The van der Waals surface area contributed by atoms with Gasteiger partial charge in [0.05, 0.1) is 11.4 Å². The first-order valence-electron chi connectivity index (χ1n) is 10.8. The second kappa shape index (κ2) is 9.68. The summed E-state index contributed by atoms with van der Waals surface area (Å²) in [6.07, 6.45) is 0. The van der Waals surface area contributed by atoms with E-state index in [4.69, 9.17) is 0 Å². The van der Waals surface area contributed by atoms with Crippen LogP contribution in [0.5, 0.6) is 0 Å². The molecule has 6 nitrogen and oxygen atoms in total. The quantitative estimate of drug-likeness (QED) is 0.292. The van der Waals surface area contributed by atoms with Crippen molar-refractivity contribution >= 4 is 39.8 Å². The Balaban J connectivity index is 1.49. The van der Waals surface area contributed by atoms with E-state index in [1.165, 1.54) is 46.6 Å². The topological polar surface area (TPSA) is 63.9 Å². The molecule has 0 saturated carbocycles. The van der Waals surface area contributed by atoms with E-state index in [0.29, 0.717) is 10.9 Å². The number of carbonyl (C=O) groups excluding carboxylic acids is 1. The number of benzene rings is 2. The molecule has 9 heteroatoms. The highest BCUT2D eigenvalue weighted by Gasteiger charge is 2.21. The summed E-state index contributed by atoms with van der Waals surface area (Å²) in [5, 5.41) is 11.8. The molecule has 4 aromatic rings. The molecule has 0 saturated heterocycles. The minimum Gasteiger partial charge on any atom is -0.305 e. The Kier molecular flexibility index (Phi) is 6.86. The van der Waals surface area contributed by atoms with Crippen LogP contribution in [0.25, 0.3) is 11.4 Å². The standard InChI is InChI=1S/C25H26FN5OS2/c1-16(32)31(21-9-7-6-8-20(21)26)23-27-19(14-33-23)15-34-24-29-28-22(30(24)5)17-10-12-18(13-11-17)25(2,3)4/h6-14H,15H2,1-5H3. The first-order chi connectivity index (χ1) is 16.1. The Morgan fingerprint density at radius 3 is 2.47 bits per heavy atom. The van der Waals surface area contributed by atoms with Gasteiger partial charge in [-0.2, -0.15) is 0 Å². The van der Waals surface area contributed by atoms with E-state index < -0.39 is 5.82 Å². The number of halogens is 1. The van der Waals surface area contributed by atoms with E-state index in [2.05, 4.69) is 60.2 Å². The number of amides is 1. The summed E-state index contributed by atoms with van der Waals surface area (Å²) in [4.78, 5) is 18.1. The predicted molar refractivity (Wildman–Crippen MR) is 136 cm³/mol. The Morgan fingerprint density at radius 1 is 1.12 bits per heavy atom. The van der Waals surface area contributed by atoms with Crippen LogP contribution in [0.4, 0.5) is 15.2 Å². The van der Waals surface area contributed by atoms with Crippen LogP contribution >= 0.6 is 23.1 Å². The van der Waals surface area contributed by atoms with Crippen molar-refractivity contribution in [2.24, 2.45) is 7.05 Å². The Morgan fingerprint density at radius 2 is 1.82 bits per heavy atom. The van der Waals surface area contributed by atoms with Crippen LogP contribution in [-0.4, -0.2) is 25.7 Å². The number of thioether (sulfide) groups is 1. The third-order valence-electron chi connectivity index (χ3n) is 5.33. The largest absolute Gasteiger partial charge is 0.305 e. The lowest BCUT2D eigenvalue weighted by Crippen LogP contribution is -2.23. The molecule has 2 heterocycles. The minimum absolute atomic E-state index is 0.0933. The zero-order valence-electron chi connectivity index (χ0n) is 19.7. The van der Waals surface area contributed by atoms with Crippen molar-refractivity contribution in [3.8, 4) is 11.4 Å². The van der Waals surface area contributed by atoms with E-state index >= 15 is 0 Å². The molecule has 1 amide bonds. The smallest absolute Gasteiger partial charge is 0.230 e. The third kappa shape index (κ3) is 5.05. The van der Waals surface area contributed by atoms with Gasteiger partial charge in [0.1, 0.15) is 5.82 Å². The number of nitrogens with zero attached hydrogens (tertiary/aromatic N) is 5.